The van der Waals surface area contributed by atoms with E-state index in [-0.39, 0.29) is 0 Å². The first kappa shape index (κ1) is 16.2. The Morgan fingerprint density at radius 1 is 0.423 bits per heavy atom. The van der Waals surface area contributed by atoms with Gasteiger partial charge >= 0.3 is 0 Å². The van der Waals surface area contributed by atoms with Gasteiger partial charge in [0.1, 0.15) is 11.5 Å². The van der Waals surface area contributed by atoms with Crippen LogP contribution in [-0.4, -0.2) is 0 Å². The maximum atomic E-state index is 5.78. The molecule has 1 heterocycles. The number of hydrogen-bond acceptors (Lipinski definition) is 1. The number of ether oxygens (including phenoxy) is 1. The summed E-state index contributed by atoms with van der Waals surface area (Å²) >= 11 is 0. The predicted molar refractivity (Wildman–Crippen MR) is 108 cm³/mol. The molecule has 0 spiro atoms. The van der Waals surface area contributed by atoms with Crippen molar-refractivity contribution in [3.05, 3.63) is 120 Å². The molecule has 0 atom stereocenters. The van der Waals surface area contributed by atoms with Crippen LogP contribution in [0.5, 0.6) is 11.5 Å². The second-order valence-electron chi connectivity index (χ2n) is 6.23. The summed E-state index contributed by atoms with van der Waals surface area (Å²) in [5.41, 5.74) is 5.09. The molecular weight excluding hydrogens is 316 g/mol. The molecule has 0 fully saturated rings. The number of benzene rings is 4. The summed E-state index contributed by atoms with van der Waals surface area (Å²) in [4.78, 5) is 0. The molecule has 0 aliphatic carbocycles. The van der Waals surface area contributed by atoms with Gasteiger partial charge in [-0.3, -0.25) is 0 Å². The van der Waals surface area contributed by atoms with Gasteiger partial charge in [0.15, 0.2) is 0 Å². The Morgan fingerprint density at radius 2 is 0.808 bits per heavy atom. The molecule has 0 saturated heterocycles. The minimum atomic E-state index is 0.979. The molecule has 1 aliphatic heterocycles. The number of hydrogen-bond donors (Lipinski definition) is 0. The Morgan fingerprint density at radius 3 is 1.27 bits per heavy atom. The Hall–Kier alpha value is -3.32. The molecule has 0 unspecified atom stereocenters. The van der Waals surface area contributed by atoms with Crippen molar-refractivity contribution in [2.24, 2.45) is 0 Å². The molecule has 4 aromatic carbocycles. The van der Waals surface area contributed by atoms with E-state index in [0.29, 0.717) is 0 Å². The van der Waals surface area contributed by atoms with Crippen molar-refractivity contribution in [3.8, 4) is 22.6 Å². The van der Waals surface area contributed by atoms with Crippen molar-refractivity contribution in [2.45, 2.75) is 6.42 Å². The van der Waals surface area contributed by atoms with Crippen LogP contribution in [0.25, 0.3) is 11.1 Å². The predicted octanol–water partition coefficient (Wildman–Crippen LogP) is 6.74. The summed E-state index contributed by atoms with van der Waals surface area (Å²) in [5.74, 6) is 1.98. The fraction of sp³-hybridized carbons (Fsp3) is 0.0400. The van der Waals surface area contributed by atoms with Gasteiger partial charge in [-0.25, -0.2) is 0 Å². The molecule has 0 amide bonds. The molecule has 0 bridgehead atoms. The summed E-state index contributed by atoms with van der Waals surface area (Å²) in [5, 5.41) is 0. The third-order valence-corrected chi connectivity index (χ3v) is 4.43. The molecule has 0 N–H and O–H groups in total. The average Bonchev–Trinajstić information content (AvgIpc) is 2.74. The Balaban J connectivity index is 0.000000131. The fourth-order valence-electron chi connectivity index (χ4n) is 3.08. The van der Waals surface area contributed by atoms with Gasteiger partial charge in [0.2, 0.25) is 0 Å². The van der Waals surface area contributed by atoms with Crippen molar-refractivity contribution in [2.75, 3.05) is 0 Å². The maximum Gasteiger partial charge on any atom is 0.130 e. The lowest BCUT2D eigenvalue weighted by Gasteiger charge is -2.19. The van der Waals surface area contributed by atoms with E-state index in [2.05, 4.69) is 72.8 Å². The van der Waals surface area contributed by atoms with Crippen LogP contribution in [0, 0.1) is 0 Å². The maximum absolute atomic E-state index is 5.78. The van der Waals surface area contributed by atoms with Crippen LogP contribution < -0.4 is 4.74 Å². The van der Waals surface area contributed by atoms with E-state index in [1.165, 1.54) is 22.3 Å². The standard InChI is InChI=1S/C13H10O.C12H10/c1-3-7-12-10(5-1)9-11-6-2-4-8-13(11)14-12;1-3-7-11(8-4-1)12-9-5-2-6-10-12/h1-8H,9H2;1-10H. The molecule has 1 nitrogen and oxygen atoms in total. The monoisotopic (exact) mass is 336 g/mol. The van der Waals surface area contributed by atoms with Crippen molar-refractivity contribution in [1.82, 2.24) is 0 Å². The lowest BCUT2D eigenvalue weighted by atomic mass is 10.0. The SMILES string of the molecule is c1ccc(-c2ccccc2)cc1.c1ccc2c(c1)Cc1ccccc1O2. The summed E-state index contributed by atoms with van der Waals surface area (Å²) in [7, 11) is 0. The van der Waals surface area contributed by atoms with Crippen LogP contribution in [0.3, 0.4) is 0 Å². The summed E-state index contributed by atoms with van der Waals surface area (Å²) in [6, 6.07) is 37.2. The third-order valence-electron chi connectivity index (χ3n) is 4.43. The minimum absolute atomic E-state index is 0.979. The second kappa shape index (κ2) is 7.71. The molecule has 5 rings (SSSR count). The van der Waals surface area contributed by atoms with Gasteiger partial charge < -0.3 is 4.74 Å². The van der Waals surface area contributed by atoms with E-state index in [9.17, 15) is 0 Å². The van der Waals surface area contributed by atoms with E-state index in [0.717, 1.165) is 17.9 Å². The highest BCUT2D eigenvalue weighted by molar-refractivity contribution is 5.62. The Kier molecular flexibility index (Phi) is 4.79. The lowest BCUT2D eigenvalue weighted by Crippen LogP contribution is -2.01. The van der Waals surface area contributed by atoms with Crippen molar-refractivity contribution in [1.29, 1.82) is 0 Å². The van der Waals surface area contributed by atoms with Gasteiger partial charge in [-0.2, -0.15) is 0 Å². The molecular formula is C25H20O. The van der Waals surface area contributed by atoms with Crippen LogP contribution in [0.15, 0.2) is 109 Å². The topological polar surface area (TPSA) is 9.23 Å². The molecule has 126 valence electrons. The van der Waals surface area contributed by atoms with Gasteiger partial charge in [-0.1, -0.05) is 97.1 Å². The first-order valence-electron chi connectivity index (χ1n) is 8.84. The number of fused-ring (bicyclic) bond motifs is 2. The van der Waals surface area contributed by atoms with Crippen molar-refractivity contribution >= 4 is 0 Å². The third kappa shape index (κ3) is 3.68. The van der Waals surface area contributed by atoms with Gasteiger partial charge in [0, 0.05) is 6.42 Å². The molecule has 0 radical (unpaired) electrons. The number of para-hydroxylation sites is 2. The zero-order valence-corrected chi connectivity index (χ0v) is 14.5. The van der Waals surface area contributed by atoms with E-state index in [1.807, 2.05) is 36.4 Å². The van der Waals surface area contributed by atoms with Crippen molar-refractivity contribution < 1.29 is 4.74 Å². The van der Waals surface area contributed by atoms with Crippen LogP contribution in [0.2, 0.25) is 0 Å². The molecule has 1 heteroatoms. The summed E-state index contributed by atoms with van der Waals surface area (Å²) < 4.78 is 5.78. The Labute approximate surface area is 154 Å². The Bertz CT molecular complexity index is 850. The largest absolute Gasteiger partial charge is 0.457 e. The molecule has 4 aromatic rings. The van der Waals surface area contributed by atoms with E-state index in [1.54, 1.807) is 0 Å². The molecule has 1 aliphatic rings. The first-order chi connectivity index (χ1) is 12.9. The number of rotatable bonds is 1. The van der Waals surface area contributed by atoms with Crippen LogP contribution in [-0.2, 0) is 6.42 Å². The smallest absolute Gasteiger partial charge is 0.130 e. The van der Waals surface area contributed by atoms with Gasteiger partial charge in [-0.05, 0) is 34.4 Å². The van der Waals surface area contributed by atoms with Crippen LogP contribution in [0.4, 0.5) is 0 Å². The van der Waals surface area contributed by atoms with Crippen LogP contribution >= 0.6 is 0 Å². The van der Waals surface area contributed by atoms with Crippen LogP contribution in [0.1, 0.15) is 11.1 Å². The highest BCUT2D eigenvalue weighted by atomic mass is 16.5. The second-order valence-corrected chi connectivity index (χ2v) is 6.23. The fourth-order valence-corrected chi connectivity index (χ4v) is 3.08. The minimum Gasteiger partial charge on any atom is -0.457 e. The van der Waals surface area contributed by atoms with E-state index >= 15 is 0 Å². The van der Waals surface area contributed by atoms with E-state index in [4.69, 9.17) is 4.74 Å². The van der Waals surface area contributed by atoms with Gasteiger partial charge in [0.25, 0.3) is 0 Å². The highest BCUT2D eigenvalue weighted by Crippen LogP contribution is 2.35. The van der Waals surface area contributed by atoms with Gasteiger partial charge in [-0.15, -0.1) is 0 Å². The lowest BCUT2D eigenvalue weighted by molar-refractivity contribution is 0.460. The highest BCUT2D eigenvalue weighted by Gasteiger charge is 2.14. The molecule has 26 heavy (non-hydrogen) atoms. The molecule has 0 saturated carbocycles. The first-order valence-corrected chi connectivity index (χ1v) is 8.84. The quantitative estimate of drug-likeness (QED) is 0.329. The summed E-state index contributed by atoms with van der Waals surface area (Å²) in [6.45, 7) is 0. The zero-order valence-electron chi connectivity index (χ0n) is 14.5. The van der Waals surface area contributed by atoms with E-state index < -0.39 is 0 Å². The average molecular weight is 336 g/mol. The van der Waals surface area contributed by atoms with Crippen molar-refractivity contribution in [3.63, 3.8) is 0 Å². The van der Waals surface area contributed by atoms with Gasteiger partial charge in [0.05, 0.1) is 0 Å². The zero-order chi connectivity index (χ0) is 17.6. The summed E-state index contributed by atoms with van der Waals surface area (Å²) in [6.07, 6.45) is 0.979. The normalized spacial score (nSPS) is 11.2. The molecule has 0 aromatic heterocycles.